The first-order chi connectivity index (χ1) is 32.5. The minimum absolute atomic E-state index is 0.167. The molecule has 0 aliphatic heterocycles. The molecule has 7 aromatic rings. The van der Waals surface area contributed by atoms with Gasteiger partial charge >= 0.3 is 16.8 Å². The summed E-state index contributed by atoms with van der Waals surface area (Å²) in [6.45, 7) is 25.2. The molecule has 2 N–H and O–H groups in total. The molecule has 1 heterocycles. The minimum Gasteiger partial charge on any atom is -0.497 e. The lowest BCUT2D eigenvalue weighted by Crippen LogP contribution is -2.16. The molecule has 0 aliphatic carbocycles. The number of para-hydroxylation sites is 2. The number of hydrogen-bond acceptors (Lipinski definition) is 10. The van der Waals surface area contributed by atoms with Gasteiger partial charge in [0.15, 0.2) is 0 Å². The van der Waals surface area contributed by atoms with Crippen LogP contribution in [0.1, 0.15) is 128 Å². The molecule has 6 aromatic carbocycles. The number of methoxy groups -OCH3 is 2. The Balaban J connectivity index is 1.51. The van der Waals surface area contributed by atoms with Crippen LogP contribution in [0.5, 0.6) is 34.5 Å². The normalized spacial score (nSPS) is 12.4. The third-order valence-corrected chi connectivity index (χ3v) is 13.9. The molecule has 10 nitrogen and oxygen atoms in total. The van der Waals surface area contributed by atoms with Crippen LogP contribution < -0.4 is 27.6 Å². The smallest absolute Gasteiger partial charge is 0.497 e. The SMILES string of the molecule is COc1cc(Cc2cc(OC)cc(C(C)(C)C)c2Op2oc3c(C(C)(C)C)cc(CO)cc3c3cc(CO)cc(C(C)(C)C)c3o2)c(OP(Oc2ccccc2)Oc2ccccc2)c(C(C)(C)C)c1. The number of aliphatic hydroxyl groups excluding tert-OH is 2. The van der Waals surface area contributed by atoms with Gasteiger partial charge < -0.3 is 46.2 Å². The van der Waals surface area contributed by atoms with Gasteiger partial charge in [0.25, 0.3) is 0 Å². The first kappa shape index (κ1) is 51.2. The molecule has 0 amide bonds. The Morgan fingerprint density at radius 3 is 1.23 bits per heavy atom. The number of fused-ring (bicyclic) bond motifs is 3. The number of aliphatic hydroxyl groups is 2. The van der Waals surface area contributed by atoms with Crippen molar-refractivity contribution in [2.75, 3.05) is 14.2 Å². The third kappa shape index (κ3) is 11.9. The zero-order valence-electron chi connectivity index (χ0n) is 42.6. The fraction of sp³-hybridized carbons (Fsp3) is 0.368. The fourth-order valence-electron chi connectivity index (χ4n) is 8.17. The van der Waals surface area contributed by atoms with Crippen LogP contribution in [0.4, 0.5) is 0 Å². The predicted molar refractivity (Wildman–Crippen MR) is 279 cm³/mol. The summed E-state index contributed by atoms with van der Waals surface area (Å²) in [5.74, 6) is 3.67. The van der Waals surface area contributed by atoms with Gasteiger partial charge in [0, 0.05) is 50.6 Å². The molecule has 0 atom stereocenters. The van der Waals surface area contributed by atoms with Gasteiger partial charge in [-0.15, -0.1) is 0 Å². The minimum atomic E-state index is -2.24. The van der Waals surface area contributed by atoms with E-state index >= 15 is 0 Å². The summed E-state index contributed by atoms with van der Waals surface area (Å²) in [5.41, 5.74) is 6.06. The van der Waals surface area contributed by atoms with E-state index in [2.05, 4.69) is 83.1 Å². The lowest BCUT2D eigenvalue weighted by molar-refractivity contribution is 0.281. The van der Waals surface area contributed by atoms with Crippen LogP contribution in [0, 0.1) is 0 Å². The van der Waals surface area contributed by atoms with Crippen LogP contribution in [0.15, 0.2) is 118 Å². The molecule has 0 saturated heterocycles. The summed E-state index contributed by atoms with van der Waals surface area (Å²) in [7, 11) is -0.977. The van der Waals surface area contributed by atoms with Gasteiger partial charge in [0.2, 0.25) is 0 Å². The Labute approximate surface area is 410 Å². The summed E-state index contributed by atoms with van der Waals surface area (Å²) in [4.78, 5) is 0. The molecule has 0 saturated carbocycles. The van der Waals surface area contributed by atoms with Crippen molar-refractivity contribution >= 4 is 38.8 Å². The molecule has 0 bridgehead atoms. The summed E-state index contributed by atoms with van der Waals surface area (Å²) < 4.78 is 53.8. The highest BCUT2D eigenvalue weighted by molar-refractivity contribution is 7.43. The van der Waals surface area contributed by atoms with Crippen LogP contribution in [-0.4, -0.2) is 24.4 Å². The largest absolute Gasteiger partial charge is 0.530 e. The Kier molecular flexibility index (Phi) is 15.1. The van der Waals surface area contributed by atoms with Crippen LogP contribution in [0.3, 0.4) is 0 Å². The highest BCUT2D eigenvalue weighted by atomic mass is 31.2. The molecule has 7 rings (SSSR count). The van der Waals surface area contributed by atoms with E-state index in [0.29, 0.717) is 52.1 Å². The number of hydrogen-bond donors (Lipinski definition) is 2. The summed E-state index contributed by atoms with van der Waals surface area (Å²) in [6.07, 6.45) is 0.293. The molecule has 12 heteroatoms. The van der Waals surface area contributed by atoms with E-state index in [9.17, 15) is 10.2 Å². The van der Waals surface area contributed by atoms with Gasteiger partial charge in [0.05, 0.1) is 27.4 Å². The Morgan fingerprint density at radius 2 is 0.855 bits per heavy atom. The van der Waals surface area contributed by atoms with Gasteiger partial charge in [-0.1, -0.05) is 119 Å². The molecule has 0 aliphatic rings. The quantitative estimate of drug-likeness (QED) is 0.102. The number of benzene rings is 6. The van der Waals surface area contributed by atoms with Gasteiger partial charge in [-0.25, -0.2) is 0 Å². The highest BCUT2D eigenvalue weighted by Crippen LogP contribution is 2.51. The van der Waals surface area contributed by atoms with E-state index in [4.69, 9.17) is 36.0 Å². The van der Waals surface area contributed by atoms with Crippen molar-refractivity contribution in [3.8, 4) is 34.5 Å². The first-order valence-electron chi connectivity index (χ1n) is 23.3. The Hall–Kier alpha value is -5.63. The fourth-order valence-corrected chi connectivity index (χ4v) is 10.4. The molecule has 366 valence electrons. The molecular formula is C57H68O10P2. The van der Waals surface area contributed by atoms with Crippen molar-refractivity contribution in [1.29, 1.82) is 0 Å². The molecular weight excluding hydrogens is 907 g/mol. The lowest BCUT2D eigenvalue weighted by Gasteiger charge is -2.28. The number of rotatable bonds is 14. The van der Waals surface area contributed by atoms with Crippen molar-refractivity contribution in [3.05, 3.63) is 154 Å². The average molecular weight is 975 g/mol. The van der Waals surface area contributed by atoms with Crippen molar-refractivity contribution in [2.24, 2.45) is 0 Å². The Morgan fingerprint density at radius 1 is 0.464 bits per heavy atom. The summed E-state index contributed by atoms with van der Waals surface area (Å²) in [5, 5.41) is 22.7. The van der Waals surface area contributed by atoms with E-state index in [0.717, 1.165) is 55.3 Å². The van der Waals surface area contributed by atoms with Crippen molar-refractivity contribution in [2.45, 2.75) is 124 Å². The molecule has 69 heavy (non-hydrogen) atoms. The maximum Gasteiger partial charge on any atom is 0.530 e. The summed E-state index contributed by atoms with van der Waals surface area (Å²) >= 11 is 0. The van der Waals surface area contributed by atoms with Crippen LogP contribution in [0.25, 0.3) is 21.9 Å². The second-order valence-corrected chi connectivity index (χ2v) is 23.5. The standard InChI is InChI=1S/C57H68O10P2/c1-54(2,3)46-27-36(34-58)25-44-45-26-37(35-59)28-47(55(4,5)6)53(45)67-69(66-52(44)46)65-51-39(31-43(61-14)33-49(51)57(10,11)12)29-38-30-42(60-13)32-48(56(7,8)9)50(38)64-68(62-40-21-17-15-18-22-40)63-41-23-19-16-20-24-41/h15-28,30-33,58-59H,29,34-35H2,1-14H3. The monoisotopic (exact) mass is 974 g/mol. The number of ether oxygens (including phenoxy) is 2. The van der Waals surface area contributed by atoms with Crippen molar-refractivity contribution < 1.29 is 46.2 Å². The van der Waals surface area contributed by atoms with Gasteiger partial charge in [-0.05, 0) is 106 Å². The molecule has 0 radical (unpaired) electrons. The van der Waals surface area contributed by atoms with Crippen LogP contribution in [0.2, 0.25) is 0 Å². The topological polar surface area (TPSA) is 122 Å². The average Bonchev–Trinajstić information content (AvgIpc) is 3.44. The first-order valence-corrected chi connectivity index (χ1v) is 25.5. The third-order valence-electron chi connectivity index (χ3n) is 11.8. The van der Waals surface area contributed by atoms with Gasteiger partial charge in [-0.2, -0.15) is 0 Å². The molecule has 0 spiro atoms. The second-order valence-electron chi connectivity index (χ2n) is 21.5. The van der Waals surface area contributed by atoms with Gasteiger partial charge in [0.1, 0.15) is 45.7 Å². The van der Waals surface area contributed by atoms with Crippen LogP contribution >= 0.6 is 16.8 Å². The second kappa shape index (κ2) is 20.4. The molecule has 0 fully saturated rings. The highest BCUT2D eigenvalue weighted by Gasteiger charge is 2.32. The van der Waals surface area contributed by atoms with Crippen LogP contribution in [-0.2, 0) is 41.3 Å². The van der Waals surface area contributed by atoms with E-state index in [-0.39, 0.29) is 13.2 Å². The maximum absolute atomic E-state index is 10.6. The maximum atomic E-state index is 10.6. The Bertz CT molecular complexity index is 2830. The predicted octanol–water partition coefficient (Wildman–Crippen LogP) is 15.7. The molecule has 0 unspecified atom stereocenters. The zero-order chi connectivity index (χ0) is 50.1. The molecule has 1 aromatic heterocycles. The summed E-state index contributed by atoms with van der Waals surface area (Å²) in [6, 6.07) is 34.9. The van der Waals surface area contributed by atoms with Crippen molar-refractivity contribution in [1.82, 2.24) is 0 Å². The van der Waals surface area contributed by atoms with E-state index in [1.807, 2.05) is 109 Å². The van der Waals surface area contributed by atoms with E-state index in [1.165, 1.54) is 0 Å². The van der Waals surface area contributed by atoms with Crippen molar-refractivity contribution in [3.63, 3.8) is 0 Å². The van der Waals surface area contributed by atoms with E-state index < -0.39 is 38.5 Å². The van der Waals surface area contributed by atoms with Gasteiger partial charge in [-0.3, -0.25) is 0 Å². The van der Waals surface area contributed by atoms with E-state index in [1.54, 1.807) is 14.2 Å². The lowest BCUT2D eigenvalue weighted by atomic mass is 9.82. The zero-order valence-corrected chi connectivity index (χ0v) is 44.4.